The van der Waals surface area contributed by atoms with Crippen molar-refractivity contribution in [3.05, 3.63) is 86.9 Å². The van der Waals surface area contributed by atoms with E-state index in [-0.39, 0.29) is 16.5 Å². The SMILES string of the molecule is CCC(C)(CC)c1cc2c3ccccc3c(=O)n3c(=O)c4ccccc4c(c1)c23. The van der Waals surface area contributed by atoms with E-state index in [2.05, 4.69) is 32.9 Å². The minimum absolute atomic E-state index is 0.0309. The molecular weight excluding hydrogens is 358 g/mol. The van der Waals surface area contributed by atoms with E-state index in [4.69, 9.17) is 0 Å². The Morgan fingerprint density at radius 1 is 0.690 bits per heavy atom. The highest BCUT2D eigenvalue weighted by Crippen LogP contribution is 2.38. The number of benzene rings is 3. The van der Waals surface area contributed by atoms with Crippen LogP contribution in [0.4, 0.5) is 0 Å². The first-order valence-corrected chi connectivity index (χ1v) is 10.3. The molecule has 2 aromatic heterocycles. The fourth-order valence-corrected chi connectivity index (χ4v) is 4.64. The van der Waals surface area contributed by atoms with Gasteiger partial charge in [0.15, 0.2) is 0 Å². The molecule has 3 aromatic carbocycles. The molecule has 5 aromatic rings. The van der Waals surface area contributed by atoms with Crippen molar-refractivity contribution in [2.24, 2.45) is 0 Å². The maximum Gasteiger partial charge on any atom is 0.266 e. The highest BCUT2D eigenvalue weighted by Gasteiger charge is 2.25. The lowest BCUT2D eigenvalue weighted by Crippen LogP contribution is -2.28. The molecular formula is C26H23NO2. The molecule has 29 heavy (non-hydrogen) atoms. The summed E-state index contributed by atoms with van der Waals surface area (Å²) in [5, 5.41) is 4.95. The van der Waals surface area contributed by atoms with Crippen LogP contribution in [0.15, 0.2) is 70.3 Å². The first kappa shape index (κ1) is 17.9. The van der Waals surface area contributed by atoms with E-state index in [9.17, 15) is 9.59 Å². The molecule has 144 valence electrons. The Balaban J connectivity index is 2.18. The van der Waals surface area contributed by atoms with E-state index in [0.717, 1.165) is 39.9 Å². The van der Waals surface area contributed by atoms with Gasteiger partial charge in [-0.25, -0.2) is 4.40 Å². The van der Waals surface area contributed by atoms with Crippen LogP contribution in [0.5, 0.6) is 0 Å². The molecule has 0 atom stereocenters. The van der Waals surface area contributed by atoms with Crippen LogP contribution in [-0.2, 0) is 5.41 Å². The Labute approximate surface area is 168 Å². The second kappa shape index (κ2) is 6.15. The molecule has 0 N–H and O–H groups in total. The van der Waals surface area contributed by atoms with Gasteiger partial charge in [-0.15, -0.1) is 0 Å². The molecule has 2 heterocycles. The molecule has 3 heteroatoms. The zero-order valence-corrected chi connectivity index (χ0v) is 17.0. The number of hydrogen-bond acceptors (Lipinski definition) is 2. The number of hydrogen-bond donors (Lipinski definition) is 0. The normalized spacial score (nSPS) is 12.5. The first-order valence-electron chi connectivity index (χ1n) is 10.3. The lowest BCUT2D eigenvalue weighted by Gasteiger charge is -2.28. The van der Waals surface area contributed by atoms with Gasteiger partial charge in [0, 0.05) is 21.5 Å². The van der Waals surface area contributed by atoms with E-state index < -0.39 is 0 Å². The topological polar surface area (TPSA) is 38.5 Å². The van der Waals surface area contributed by atoms with Crippen molar-refractivity contribution in [3.63, 3.8) is 0 Å². The fourth-order valence-electron chi connectivity index (χ4n) is 4.64. The highest BCUT2D eigenvalue weighted by molar-refractivity contribution is 6.18. The average molecular weight is 381 g/mol. The molecule has 0 aliphatic heterocycles. The van der Waals surface area contributed by atoms with Crippen LogP contribution < -0.4 is 11.1 Å². The third kappa shape index (κ3) is 2.30. The Morgan fingerprint density at radius 3 is 1.52 bits per heavy atom. The summed E-state index contributed by atoms with van der Waals surface area (Å²) in [4.78, 5) is 26.6. The van der Waals surface area contributed by atoms with Crippen molar-refractivity contribution < 1.29 is 0 Å². The molecule has 3 nitrogen and oxygen atoms in total. The van der Waals surface area contributed by atoms with E-state index >= 15 is 0 Å². The molecule has 0 amide bonds. The van der Waals surface area contributed by atoms with Crippen LogP contribution in [0.25, 0.3) is 37.8 Å². The number of rotatable bonds is 3. The van der Waals surface area contributed by atoms with Crippen molar-refractivity contribution >= 4 is 37.8 Å². The van der Waals surface area contributed by atoms with E-state index in [1.54, 1.807) is 0 Å². The maximum atomic E-state index is 13.3. The van der Waals surface area contributed by atoms with E-state index in [1.807, 2.05) is 48.5 Å². The van der Waals surface area contributed by atoms with E-state index in [1.165, 1.54) is 9.96 Å². The summed E-state index contributed by atoms with van der Waals surface area (Å²) in [6, 6.07) is 19.6. The number of nitrogens with zero attached hydrogens (tertiary/aromatic N) is 1. The summed E-state index contributed by atoms with van der Waals surface area (Å²) in [6.07, 6.45) is 2.04. The van der Waals surface area contributed by atoms with Crippen molar-refractivity contribution in [2.75, 3.05) is 0 Å². The van der Waals surface area contributed by atoms with Crippen LogP contribution in [-0.4, -0.2) is 4.40 Å². The van der Waals surface area contributed by atoms with Gasteiger partial charge >= 0.3 is 0 Å². The van der Waals surface area contributed by atoms with Gasteiger partial charge in [-0.3, -0.25) is 9.59 Å². The predicted molar refractivity (Wildman–Crippen MR) is 122 cm³/mol. The third-order valence-corrected chi connectivity index (χ3v) is 6.89. The molecule has 0 unspecified atom stereocenters. The summed E-state index contributed by atoms with van der Waals surface area (Å²) in [5.41, 5.74) is 1.54. The quantitative estimate of drug-likeness (QED) is 0.300. The molecule has 0 bridgehead atoms. The number of aromatic nitrogens is 1. The monoisotopic (exact) mass is 381 g/mol. The predicted octanol–water partition coefficient (Wildman–Crippen LogP) is 5.63. The zero-order valence-electron chi connectivity index (χ0n) is 17.0. The molecule has 0 saturated heterocycles. The van der Waals surface area contributed by atoms with Gasteiger partial charge in [-0.2, -0.15) is 0 Å². The molecule has 0 spiro atoms. The van der Waals surface area contributed by atoms with Crippen LogP contribution in [0.3, 0.4) is 0 Å². The van der Waals surface area contributed by atoms with Crippen LogP contribution >= 0.6 is 0 Å². The van der Waals surface area contributed by atoms with Crippen molar-refractivity contribution in [1.29, 1.82) is 0 Å². The summed E-state index contributed by atoms with van der Waals surface area (Å²) in [7, 11) is 0. The highest BCUT2D eigenvalue weighted by atomic mass is 16.2. The standard InChI is InChI=1S/C26H23NO2/c1-4-26(3,5-2)16-14-21-17-10-6-8-12-19(17)24(28)27-23(21)22(15-16)18-11-7-9-13-20(18)25(27)29/h6-15H,4-5H2,1-3H3. The smallest absolute Gasteiger partial charge is 0.266 e. The lowest BCUT2D eigenvalue weighted by atomic mass is 9.76. The molecule has 0 radical (unpaired) electrons. The van der Waals surface area contributed by atoms with Crippen molar-refractivity contribution in [3.8, 4) is 0 Å². The van der Waals surface area contributed by atoms with Gasteiger partial charge in [0.05, 0.1) is 5.52 Å². The molecule has 0 saturated carbocycles. The Hall–Kier alpha value is -3.20. The van der Waals surface area contributed by atoms with Gasteiger partial charge in [0.25, 0.3) is 11.1 Å². The van der Waals surface area contributed by atoms with Gasteiger partial charge < -0.3 is 0 Å². The summed E-state index contributed by atoms with van der Waals surface area (Å²) in [6.45, 7) is 6.73. The summed E-state index contributed by atoms with van der Waals surface area (Å²) < 4.78 is 1.38. The van der Waals surface area contributed by atoms with Crippen LogP contribution in [0.1, 0.15) is 39.2 Å². The molecule has 0 aliphatic carbocycles. The summed E-state index contributed by atoms with van der Waals surface area (Å²) in [5.74, 6) is 0. The average Bonchev–Trinajstić information content (AvgIpc) is 2.77. The fraction of sp³-hybridized carbons (Fsp3) is 0.231. The van der Waals surface area contributed by atoms with Crippen molar-refractivity contribution in [2.45, 2.75) is 39.0 Å². The van der Waals surface area contributed by atoms with Gasteiger partial charge in [0.1, 0.15) is 0 Å². The lowest BCUT2D eigenvalue weighted by molar-refractivity contribution is 0.440. The second-order valence-corrected chi connectivity index (χ2v) is 8.22. The minimum Gasteiger partial charge on any atom is -0.268 e. The Kier molecular flexibility index (Phi) is 3.79. The third-order valence-electron chi connectivity index (χ3n) is 6.89. The zero-order chi connectivity index (χ0) is 20.3. The Bertz CT molecular complexity index is 1420. The summed E-state index contributed by atoms with van der Waals surface area (Å²) >= 11 is 0. The second-order valence-electron chi connectivity index (χ2n) is 8.22. The maximum absolute atomic E-state index is 13.3. The largest absolute Gasteiger partial charge is 0.268 e. The van der Waals surface area contributed by atoms with Crippen LogP contribution in [0, 0.1) is 0 Å². The van der Waals surface area contributed by atoms with Gasteiger partial charge in [-0.05, 0) is 58.9 Å². The Morgan fingerprint density at radius 2 is 1.10 bits per heavy atom. The van der Waals surface area contributed by atoms with Crippen molar-refractivity contribution in [1.82, 2.24) is 4.40 Å². The van der Waals surface area contributed by atoms with Gasteiger partial charge in [-0.1, -0.05) is 57.2 Å². The first-order chi connectivity index (χ1) is 14.0. The molecule has 0 aliphatic rings. The van der Waals surface area contributed by atoms with E-state index in [0.29, 0.717) is 10.8 Å². The number of pyridine rings is 2. The molecule has 5 rings (SSSR count). The minimum atomic E-state index is -0.240. The van der Waals surface area contributed by atoms with Crippen LogP contribution in [0.2, 0.25) is 0 Å². The van der Waals surface area contributed by atoms with Gasteiger partial charge in [0.2, 0.25) is 0 Å². The molecule has 0 fully saturated rings. The number of fused-ring (bicyclic) bond motifs is 4.